The van der Waals surface area contributed by atoms with Gasteiger partial charge in [-0.3, -0.25) is 0 Å². The monoisotopic (exact) mass is 411 g/mol. The highest BCUT2D eigenvalue weighted by Crippen LogP contribution is 2.31. The van der Waals surface area contributed by atoms with Crippen molar-refractivity contribution in [2.45, 2.75) is 43.6 Å². The van der Waals surface area contributed by atoms with Crippen LogP contribution in [0.5, 0.6) is 11.5 Å². The second-order valence-electron chi connectivity index (χ2n) is 6.86. The third-order valence-corrected chi connectivity index (χ3v) is 4.82. The Morgan fingerprint density at radius 1 is 1.03 bits per heavy atom. The summed E-state index contributed by atoms with van der Waals surface area (Å²) in [6, 6.07) is 14.1. The Labute approximate surface area is 165 Å². The van der Waals surface area contributed by atoms with E-state index < -0.39 is 30.9 Å². The Bertz CT molecular complexity index is 802. The number of benzene rings is 2. The molecule has 9 heteroatoms. The van der Waals surface area contributed by atoms with E-state index in [2.05, 4.69) is 10.1 Å². The Balaban J connectivity index is 1.39. The lowest BCUT2D eigenvalue weighted by Crippen LogP contribution is -2.61. The molecule has 5 atom stereocenters. The predicted molar refractivity (Wildman–Crippen MR) is 95.2 cm³/mol. The van der Waals surface area contributed by atoms with Crippen LogP contribution in [-0.4, -0.2) is 48.7 Å². The van der Waals surface area contributed by atoms with Gasteiger partial charge in [-0.25, -0.2) is 0 Å². The van der Waals surface area contributed by atoms with Crippen LogP contribution >= 0.6 is 0 Å². The average molecular weight is 411 g/mol. The zero-order valence-corrected chi connectivity index (χ0v) is 15.2. The Kier molecular flexibility index (Phi) is 5.64. The summed E-state index contributed by atoms with van der Waals surface area (Å²) in [5.74, 6) is 0.304. The Morgan fingerprint density at radius 3 is 2.45 bits per heavy atom. The van der Waals surface area contributed by atoms with E-state index in [1.807, 2.05) is 18.2 Å². The van der Waals surface area contributed by atoms with Crippen LogP contribution in [0.4, 0.5) is 13.2 Å². The fraction of sp³-hybridized carbons (Fsp3) is 0.400. The highest BCUT2D eigenvalue weighted by atomic mass is 19.4. The van der Waals surface area contributed by atoms with Crippen LogP contribution < -0.4 is 14.8 Å². The zero-order valence-electron chi connectivity index (χ0n) is 15.2. The Hall–Kier alpha value is -2.33. The van der Waals surface area contributed by atoms with Crippen molar-refractivity contribution in [2.24, 2.45) is 0 Å². The lowest BCUT2D eigenvalue weighted by Gasteiger charge is -2.38. The maximum Gasteiger partial charge on any atom is 0.573 e. The van der Waals surface area contributed by atoms with Crippen LogP contribution in [0.25, 0.3) is 0 Å². The van der Waals surface area contributed by atoms with Gasteiger partial charge in [0.15, 0.2) is 12.4 Å². The maximum absolute atomic E-state index is 12.3. The van der Waals surface area contributed by atoms with Crippen molar-refractivity contribution in [2.75, 3.05) is 6.61 Å². The molecule has 4 rings (SSSR count). The molecule has 0 aliphatic carbocycles. The molecular formula is C20H20F3NO5. The average Bonchev–Trinajstić information content (AvgIpc) is 3.12. The second-order valence-corrected chi connectivity index (χ2v) is 6.86. The number of rotatable bonds is 6. The fourth-order valence-corrected chi connectivity index (χ4v) is 3.46. The summed E-state index contributed by atoms with van der Waals surface area (Å²) < 4.78 is 57.9. The molecule has 0 amide bonds. The van der Waals surface area contributed by atoms with Crippen LogP contribution in [0.2, 0.25) is 0 Å². The van der Waals surface area contributed by atoms with Crippen molar-refractivity contribution < 1.29 is 37.2 Å². The number of para-hydroxylation sites is 1. The summed E-state index contributed by atoms with van der Waals surface area (Å²) in [5, 5.41) is 14.0. The molecule has 2 saturated heterocycles. The molecule has 2 aliphatic rings. The number of halogens is 3. The first-order chi connectivity index (χ1) is 13.9. The van der Waals surface area contributed by atoms with Crippen molar-refractivity contribution in [3.05, 3.63) is 60.2 Å². The first kappa shape index (κ1) is 20.0. The van der Waals surface area contributed by atoms with Crippen LogP contribution in [0.15, 0.2) is 54.6 Å². The van der Waals surface area contributed by atoms with Gasteiger partial charge in [0.2, 0.25) is 0 Å². The number of nitrogens with one attached hydrogen (secondary N) is 1. The van der Waals surface area contributed by atoms with Crippen molar-refractivity contribution in [3.8, 4) is 11.5 Å². The van der Waals surface area contributed by atoms with Crippen molar-refractivity contribution >= 4 is 0 Å². The molecule has 29 heavy (non-hydrogen) atoms. The third kappa shape index (κ3) is 4.81. The molecule has 156 valence electrons. The van der Waals surface area contributed by atoms with Gasteiger partial charge in [-0.1, -0.05) is 30.3 Å². The van der Waals surface area contributed by atoms with E-state index >= 15 is 0 Å². The molecule has 2 heterocycles. The summed E-state index contributed by atoms with van der Waals surface area (Å²) in [7, 11) is 0. The summed E-state index contributed by atoms with van der Waals surface area (Å²) in [6.45, 7) is 0.628. The van der Waals surface area contributed by atoms with Gasteiger partial charge in [-0.2, -0.15) is 0 Å². The summed E-state index contributed by atoms with van der Waals surface area (Å²) in [5.41, 5.74) is 0.730. The van der Waals surface area contributed by atoms with Gasteiger partial charge < -0.3 is 29.4 Å². The van der Waals surface area contributed by atoms with Gasteiger partial charge in [0, 0.05) is 6.54 Å². The predicted octanol–water partition coefficient (Wildman–Crippen LogP) is 2.61. The van der Waals surface area contributed by atoms with Crippen LogP contribution in [0.1, 0.15) is 5.56 Å². The van der Waals surface area contributed by atoms with Crippen LogP contribution in [-0.2, 0) is 16.0 Å². The number of aliphatic hydroxyl groups excluding tert-OH is 1. The molecule has 6 nitrogen and oxygen atoms in total. The van der Waals surface area contributed by atoms with Crippen LogP contribution in [0, 0.1) is 0 Å². The lowest BCUT2D eigenvalue weighted by atomic mass is 9.97. The molecule has 0 radical (unpaired) electrons. The van der Waals surface area contributed by atoms with Gasteiger partial charge in [0.25, 0.3) is 0 Å². The topological polar surface area (TPSA) is 69.2 Å². The molecule has 0 spiro atoms. The fourth-order valence-electron chi connectivity index (χ4n) is 3.46. The molecular weight excluding hydrogens is 391 g/mol. The molecule has 2 bridgehead atoms. The number of aliphatic hydroxyl groups is 1. The standard InChI is InChI=1S/C20H20F3NO5/c21-20(22,23)29-14-8-6-12(7-9-14)10-24-16-15-11-26-19(28-15)18(17(16)25)27-13-4-2-1-3-5-13/h1-9,15-19,24-25H,10-11H2/t15-,16+,17-,18-,19+/m0/s1. The number of ether oxygens (including phenoxy) is 4. The summed E-state index contributed by atoms with van der Waals surface area (Å²) in [4.78, 5) is 0. The van der Waals surface area contributed by atoms with E-state index in [1.54, 1.807) is 12.1 Å². The molecule has 0 saturated carbocycles. The molecule has 2 fully saturated rings. The van der Waals surface area contributed by atoms with Gasteiger partial charge in [-0.15, -0.1) is 13.2 Å². The molecule has 2 aliphatic heterocycles. The quantitative estimate of drug-likeness (QED) is 0.762. The largest absolute Gasteiger partial charge is 0.573 e. The molecule has 2 aromatic rings. The van der Waals surface area contributed by atoms with Gasteiger partial charge in [0.05, 0.1) is 12.6 Å². The molecule has 0 aromatic heterocycles. The van der Waals surface area contributed by atoms with Gasteiger partial charge in [-0.05, 0) is 29.8 Å². The normalized spacial score (nSPS) is 28.9. The van der Waals surface area contributed by atoms with E-state index in [0.29, 0.717) is 18.9 Å². The number of hydrogen-bond acceptors (Lipinski definition) is 6. The van der Waals surface area contributed by atoms with Crippen molar-refractivity contribution in [1.29, 1.82) is 0 Å². The second kappa shape index (κ2) is 8.19. The summed E-state index contributed by atoms with van der Waals surface area (Å²) >= 11 is 0. The lowest BCUT2D eigenvalue weighted by molar-refractivity contribution is -0.274. The minimum atomic E-state index is -4.73. The van der Waals surface area contributed by atoms with Crippen LogP contribution in [0.3, 0.4) is 0 Å². The van der Waals surface area contributed by atoms with E-state index in [0.717, 1.165) is 5.56 Å². The smallest absolute Gasteiger partial charge is 0.482 e. The summed E-state index contributed by atoms with van der Waals surface area (Å²) in [6.07, 6.45) is -7.34. The highest BCUT2D eigenvalue weighted by Gasteiger charge is 2.51. The first-order valence-electron chi connectivity index (χ1n) is 9.14. The van der Waals surface area contributed by atoms with Crippen molar-refractivity contribution in [1.82, 2.24) is 5.32 Å². The van der Waals surface area contributed by atoms with E-state index in [9.17, 15) is 18.3 Å². The van der Waals surface area contributed by atoms with Gasteiger partial charge in [0.1, 0.15) is 23.7 Å². The number of hydrogen-bond donors (Lipinski definition) is 2. The minimum absolute atomic E-state index is 0.286. The zero-order chi connectivity index (χ0) is 20.4. The third-order valence-electron chi connectivity index (χ3n) is 4.82. The Morgan fingerprint density at radius 2 is 1.76 bits per heavy atom. The molecule has 0 unspecified atom stereocenters. The highest BCUT2D eigenvalue weighted by molar-refractivity contribution is 5.27. The number of alkyl halides is 3. The number of fused-ring (bicyclic) bond motifs is 2. The molecule has 2 aromatic carbocycles. The van der Waals surface area contributed by atoms with Crippen molar-refractivity contribution in [3.63, 3.8) is 0 Å². The van der Waals surface area contributed by atoms with E-state index in [1.165, 1.54) is 24.3 Å². The van der Waals surface area contributed by atoms with E-state index in [-0.39, 0.29) is 11.9 Å². The molecule has 2 N–H and O–H groups in total. The van der Waals surface area contributed by atoms with E-state index in [4.69, 9.17) is 14.2 Å². The first-order valence-corrected chi connectivity index (χ1v) is 9.14. The van der Waals surface area contributed by atoms with Gasteiger partial charge >= 0.3 is 6.36 Å². The maximum atomic E-state index is 12.3. The minimum Gasteiger partial charge on any atom is -0.482 e. The SMILES string of the molecule is O[C@H]1[C@H](NCc2ccc(OC(F)(F)F)cc2)[C@@H]2CO[C@H](O2)[C@H]1Oc1ccccc1.